The van der Waals surface area contributed by atoms with Crippen molar-refractivity contribution in [1.29, 1.82) is 0 Å². The lowest BCUT2D eigenvalue weighted by atomic mass is 9.81. The van der Waals surface area contributed by atoms with Gasteiger partial charge in [0.25, 0.3) is 0 Å². The number of phenolic OH excluding ortho intramolecular Hbond substituents is 2. The third kappa shape index (κ3) is 10.5. The number of aromatic hydroxyl groups is 2. The number of hydrogen-bond acceptors (Lipinski definition) is 14. The predicted octanol–water partition coefficient (Wildman–Crippen LogP) is 3.68. The average Bonchev–Trinajstić information content (AvgIpc) is 3.59. The number of rotatable bonds is 15. The first-order valence-electron chi connectivity index (χ1n) is 17.0. The zero-order chi connectivity index (χ0) is 38.6. The van der Waals surface area contributed by atoms with Crippen molar-refractivity contribution < 1.29 is 44.3 Å². The molecule has 0 radical (unpaired) electrons. The molecular weight excluding hydrogens is 769 g/mol. The Bertz CT molecular complexity index is 2070. The largest absolute Gasteiger partial charge is 0.507 e. The number of aliphatic hydroxyl groups excluding tert-OH is 2. The number of phenols is 2. The molecule has 0 unspecified atom stereocenters. The number of fused-ring (bicyclic) bond motifs is 3. The number of aliphatic hydroxyl groups is 2. The molecule has 1 heterocycles. The number of nitrogens with zero attached hydrogens (tertiary/aromatic N) is 1. The van der Waals surface area contributed by atoms with Gasteiger partial charge in [-0.3, -0.25) is 19.7 Å². The summed E-state index contributed by atoms with van der Waals surface area (Å²) in [6.45, 7) is 2.81. The Kier molecular flexibility index (Phi) is 17.0. The lowest BCUT2D eigenvalue weighted by Crippen LogP contribution is -2.28. The Balaban J connectivity index is 0.000000308. The minimum Gasteiger partial charge on any atom is -0.507 e. The number of carbonyl (C=O) groups is 4. The molecule has 18 heteroatoms. The molecule has 0 bridgehead atoms. The fourth-order valence-electron chi connectivity index (χ4n) is 5.75. The Hall–Kier alpha value is -5.75. The lowest BCUT2D eigenvalue weighted by molar-refractivity contribution is 0.0975. The van der Waals surface area contributed by atoms with Crippen LogP contribution in [0.2, 0.25) is 0 Å². The van der Waals surface area contributed by atoms with Crippen molar-refractivity contribution in [1.82, 2.24) is 20.6 Å². The van der Waals surface area contributed by atoms with Crippen molar-refractivity contribution in [3.05, 3.63) is 106 Å². The van der Waals surface area contributed by atoms with Crippen LogP contribution in [0.5, 0.6) is 11.5 Å². The molecule has 1 aliphatic carbocycles. The van der Waals surface area contributed by atoms with Crippen LogP contribution >= 0.6 is 24.8 Å². The minimum absolute atomic E-state index is 0. The summed E-state index contributed by atoms with van der Waals surface area (Å²) in [5.74, 6) is -1.66. The van der Waals surface area contributed by atoms with Crippen LogP contribution in [0, 0.1) is 0 Å². The molecule has 298 valence electrons. The van der Waals surface area contributed by atoms with E-state index in [0.717, 1.165) is 0 Å². The highest BCUT2D eigenvalue weighted by atomic mass is 35.5. The molecule has 0 aliphatic heterocycles. The van der Waals surface area contributed by atoms with E-state index in [9.17, 15) is 29.4 Å². The Labute approximate surface area is 333 Å². The van der Waals surface area contributed by atoms with Crippen molar-refractivity contribution in [3.8, 4) is 11.5 Å². The molecule has 0 spiro atoms. The second-order valence-corrected chi connectivity index (χ2v) is 11.9. The van der Waals surface area contributed by atoms with Gasteiger partial charge < -0.3 is 51.4 Å². The molecule has 1 aliphatic rings. The molecule has 1 amide bonds. The summed E-state index contributed by atoms with van der Waals surface area (Å²) in [6, 6.07) is 19.9. The highest BCUT2D eigenvalue weighted by molar-refractivity contribution is 6.33. The fraction of sp³-hybridized carbons (Fsp3) is 0.237. The smallest absolute Gasteiger partial charge is 0.413 e. The fourth-order valence-corrected chi connectivity index (χ4v) is 5.75. The molecule has 0 saturated carbocycles. The molecule has 16 nitrogen and oxygen atoms in total. The summed E-state index contributed by atoms with van der Waals surface area (Å²) in [5, 5.41) is 53.0. The zero-order valence-electron chi connectivity index (χ0n) is 30.2. The molecule has 0 fully saturated rings. The third-order valence-corrected chi connectivity index (χ3v) is 8.27. The second kappa shape index (κ2) is 21.4. The van der Waals surface area contributed by atoms with Gasteiger partial charge in [-0.15, -0.1) is 24.8 Å². The number of ether oxygens (including phenoxy) is 1. The number of imidazole rings is 1. The van der Waals surface area contributed by atoms with Crippen molar-refractivity contribution in [2.45, 2.75) is 0 Å². The monoisotopic (exact) mass is 811 g/mol. The molecule has 4 aromatic carbocycles. The van der Waals surface area contributed by atoms with Crippen LogP contribution in [0.4, 0.5) is 22.1 Å². The average molecular weight is 813 g/mol. The maximum Gasteiger partial charge on any atom is 0.413 e. The van der Waals surface area contributed by atoms with Gasteiger partial charge >= 0.3 is 6.09 Å². The summed E-state index contributed by atoms with van der Waals surface area (Å²) in [5.41, 5.74) is 3.16. The van der Waals surface area contributed by atoms with Gasteiger partial charge in [0.05, 0.1) is 53.6 Å². The van der Waals surface area contributed by atoms with Gasteiger partial charge in [0.1, 0.15) is 11.5 Å². The first-order valence-corrected chi connectivity index (χ1v) is 17.0. The van der Waals surface area contributed by atoms with Crippen molar-refractivity contribution in [2.75, 3.05) is 75.5 Å². The number of ketones is 3. The van der Waals surface area contributed by atoms with E-state index in [1.54, 1.807) is 42.5 Å². The van der Waals surface area contributed by atoms with Gasteiger partial charge in [-0.25, -0.2) is 9.78 Å². The van der Waals surface area contributed by atoms with E-state index >= 15 is 0 Å². The molecule has 10 N–H and O–H groups in total. The van der Waals surface area contributed by atoms with E-state index in [1.165, 1.54) is 19.2 Å². The van der Waals surface area contributed by atoms with Crippen molar-refractivity contribution >= 4 is 76.6 Å². The summed E-state index contributed by atoms with van der Waals surface area (Å²) in [4.78, 5) is 57.4. The minimum atomic E-state index is -0.611. The topological polar surface area (TPSA) is 247 Å². The summed E-state index contributed by atoms with van der Waals surface area (Å²) < 4.78 is 4.51. The van der Waals surface area contributed by atoms with E-state index in [0.29, 0.717) is 72.8 Å². The normalized spacial score (nSPS) is 11.2. The summed E-state index contributed by atoms with van der Waals surface area (Å²) in [7, 11) is 1.27. The lowest BCUT2D eigenvalue weighted by Gasteiger charge is -2.25. The van der Waals surface area contributed by atoms with Crippen LogP contribution in [0.15, 0.2) is 72.8 Å². The predicted molar refractivity (Wildman–Crippen MR) is 216 cm³/mol. The first-order chi connectivity index (χ1) is 26.2. The van der Waals surface area contributed by atoms with Crippen LogP contribution in [-0.2, 0) is 4.74 Å². The molecule has 5 aromatic rings. The van der Waals surface area contributed by atoms with E-state index < -0.39 is 17.7 Å². The second-order valence-electron chi connectivity index (χ2n) is 11.9. The number of halogens is 2. The number of nitrogens with one attached hydrogen (secondary N) is 6. The SMILES string of the molecule is COC(=O)Nc1nc2ccc(C(=O)c3ccccc3)cc2[nH]1.Cl.Cl.O=C1c2c(O)ccc(O)c2C(=O)c2c(NCCNCCO)ccc(NCCNCCO)c21. The molecular formula is C38H43Cl2N7O9. The number of aromatic amines is 1. The van der Waals surface area contributed by atoms with Crippen LogP contribution in [0.3, 0.4) is 0 Å². The molecule has 6 rings (SSSR count). The maximum absolute atomic E-state index is 13.4. The zero-order valence-corrected chi connectivity index (χ0v) is 31.8. The Morgan fingerprint density at radius 2 is 1.21 bits per heavy atom. The number of carbonyl (C=O) groups excluding carboxylic acids is 4. The van der Waals surface area contributed by atoms with Crippen molar-refractivity contribution in [2.24, 2.45) is 0 Å². The van der Waals surface area contributed by atoms with Crippen LogP contribution < -0.4 is 26.6 Å². The van der Waals surface area contributed by atoms with Gasteiger partial charge in [0.2, 0.25) is 17.5 Å². The van der Waals surface area contributed by atoms with Crippen molar-refractivity contribution in [3.63, 3.8) is 0 Å². The van der Waals surface area contributed by atoms with Gasteiger partial charge in [-0.05, 0) is 42.5 Å². The quantitative estimate of drug-likeness (QED) is 0.0404. The molecule has 0 saturated heterocycles. The maximum atomic E-state index is 13.4. The van der Waals surface area contributed by atoms with E-state index in [-0.39, 0.29) is 83.5 Å². The summed E-state index contributed by atoms with van der Waals surface area (Å²) >= 11 is 0. The highest BCUT2D eigenvalue weighted by Crippen LogP contribution is 2.42. The molecule has 1 aromatic heterocycles. The Morgan fingerprint density at radius 3 is 1.71 bits per heavy atom. The highest BCUT2D eigenvalue weighted by Gasteiger charge is 2.38. The number of amides is 1. The molecule has 0 atom stereocenters. The summed E-state index contributed by atoms with van der Waals surface area (Å²) in [6.07, 6.45) is -0.611. The number of benzene rings is 4. The van der Waals surface area contributed by atoms with Crippen LogP contribution in [0.25, 0.3) is 11.0 Å². The van der Waals surface area contributed by atoms with E-state index in [1.807, 2.05) is 18.2 Å². The third-order valence-electron chi connectivity index (χ3n) is 8.27. The molecule has 56 heavy (non-hydrogen) atoms. The van der Waals surface area contributed by atoms with E-state index in [2.05, 4.69) is 41.3 Å². The van der Waals surface area contributed by atoms with Gasteiger partial charge in [-0.1, -0.05) is 30.3 Å². The number of hydrogen-bond donors (Lipinski definition) is 10. The van der Waals surface area contributed by atoms with Gasteiger partial charge in [0.15, 0.2) is 5.78 Å². The Morgan fingerprint density at radius 1 is 0.679 bits per heavy atom. The van der Waals surface area contributed by atoms with E-state index in [4.69, 9.17) is 10.2 Å². The first kappa shape index (κ1) is 44.6. The number of aromatic nitrogens is 2. The number of H-pyrrole nitrogens is 1. The van der Waals surface area contributed by atoms with Gasteiger partial charge in [-0.2, -0.15) is 0 Å². The van der Waals surface area contributed by atoms with Crippen LogP contribution in [-0.4, -0.2) is 113 Å². The number of anilines is 3. The standard InChI is InChI=1S/C22H28N4O6.C16H13N3O3.2ClH/c27-11-9-23-5-7-25-13-1-2-14(26-8-6-24-10-12-28)18-17(13)21(31)19-15(29)3-4-16(30)20(19)22(18)32;1-22-16(21)19-15-17-12-8-7-11(9-13(12)18-15)14(20)10-5-3-2-4-6-10;;/h1-4,23-30H,5-12H2;2-9H,1H3,(H2,17,18,19,21);2*1H. The van der Waals surface area contributed by atoms with Gasteiger partial charge in [0, 0.05) is 61.8 Å². The van der Waals surface area contributed by atoms with Crippen LogP contribution in [0.1, 0.15) is 47.8 Å². The number of methoxy groups -OCH3 is 1.